The third kappa shape index (κ3) is 29.6. The van der Waals surface area contributed by atoms with Gasteiger partial charge in [0.05, 0.1) is 6.10 Å². The molecule has 0 aromatic carbocycles. The lowest BCUT2D eigenvalue weighted by atomic mass is 9.99. The normalized spacial score (nSPS) is 14.1. The molecule has 0 saturated carbocycles. The maximum Gasteiger partial charge on any atom is 0.305 e. The van der Waals surface area contributed by atoms with Crippen LogP contribution in [0.3, 0.4) is 0 Å². The molecular formula is C36H64O6. The minimum absolute atomic E-state index is 0.135. The Kier molecular flexibility index (Phi) is 29.1. The molecule has 42 heavy (non-hydrogen) atoms. The third-order valence-electron chi connectivity index (χ3n) is 7.51. The molecule has 3 atom stereocenters. The fraction of sp³-hybridized carbons (Fsp3) is 0.778. The van der Waals surface area contributed by atoms with E-state index in [1.807, 2.05) is 24.3 Å². The molecule has 6 nitrogen and oxygen atoms in total. The van der Waals surface area contributed by atoms with E-state index in [1.165, 1.54) is 44.9 Å². The first-order chi connectivity index (χ1) is 20.4. The van der Waals surface area contributed by atoms with Gasteiger partial charge in [0.2, 0.25) is 0 Å². The average Bonchev–Trinajstić information content (AvgIpc) is 2.98. The number of ether oxygens (including phenoxy) is 2. The van der Waals surface area contributed by atoms with E-state index >= 15 is 0 Å². The van der Waals surface area contributed by atoms with E-state index in [1.54, 1.807) is 0 Å². The van der Waals surface area contributed by atoms with E-state index in [9.17, 15) is 19.8 Å². The van der Waals surface area contributed by atoms with Gasteiger partial charge in [-0.25, -0.2) is 0 Å². The lowest BCUT2D eigenvalue weighted by molar-refractivity contribution is -0.152. The molecule has 244 valence electrons. The van der Waals surface area contributed by atoms with Crippen molar-refractivity contribution in [1.29, 1.82) is 0 Å². The molecule has 0 heterocycles. The summed E-state index contributed by atoms with van der Waals surface area (Å²) >= 11 is 0. The van der Waals surface area contributed by atoms with Crippen molar-refractivity contribution in [3.05, 3.63) is 36.5 Å². The molecule has 0 saturated heterocycles. The highest BCUT2D eigenvalue weighted by Gasteiger charge is 2.12. The Bertz CT molecular complexity index is 714. The standard InChI is InChI=1S/C36H64O6/c1-4-6-20-26-33(37)27-22-17-13-8-7-9-14-18-23-28-35(39)41-30-34(38)31-42-36(40)29-24-19-15-11-10-12-16-21-25-32(3)5-2/h6,13,17,20,22,27,32-34,37-38H,4-5,7-12,14-16,18-19,21,23-26,28-31H2,1-3H3/b17-13+,20-6+,27-22+/t32?,33?,34-/m1/s1. The van der Waals surface area contributed by atoms with Crippen molar-refractivity contribution < 1.29 is 29.3 Å². The summed E-state index contributed by atoms with van der Waals surface area (Å²) in [5, 5.41) is 19.7. The van der Waals surface area contributed by atoms with Gasteiger partial charge < -0.3 is 19.7 Å². The highest BCUT2D eigenvalue weighted by molar-refractivity contribution is 5.69. The molecule has 0 aliphatic carbocycles. The van der Waals surface area contributed by atoms with E-state index in [2.05, 4.69) is 32.9 Å². The number of esters is 2. The molecule has 0 radical (unpaired) electrons. The molecule has 0 aromatic rings. The van der Waals surface area contributed by atoms with Gasteiger partial charge >= 0.3 is 11.9 Å². The first-order valence-electron chi connectivity index (χ1n) is 17.0. The number of hydrogen-bond acceptors (Lipinski definition) is 6. The molecular weight excluding hydrogens is 528 g/mol. The van der Waals surface area contributed by atoms with Gasteiger partial charge in [-0.1, -0.05) is 134 Å². The van der Waals surface area contributed by atoms with Crippen molar-refractivity contribution in [1.82, 2.24) is 0 Å². The van der Waals surface area contributed by atoms with Crippen molar-refractivity contribution in [3.8, 4) is 0 Å². The van der Waals surface area contributed by atoms with Crippen LogP contribution >= 0.6 is 0 Å². The van der Waals surface area contributed by atoms with Gasteiger partial charge in [0, 0.05) is 12.8 Å². The summed E-state index contributed by atoms with van der Waals surface area (Å²) in [4.78, 5) is 23.8. The van der Waals surface area contributed by atoms with Crippen molar-refractivity contribution in [2.75, 3.05) is 13.2 Å². The summed E-state index contributed by atoms with van der Waals surface area (Å²) in [6.07, 6.45) is 30.9. The number of rotatable bonds is 29. The quantitative estimate of drug-likeness (QED) is 0.0390. The van der Waals surface area contributed by atoms with Gasteiger partial charge in [0.1, 0.15) is 19.3 Å². The summed E-state index contributed by atoms with van der Waals surface area (Å²) in [5.74, 6) is 0.232. The molecule has 0 bridgehead atoms. The maximum absolute atomic E-state index is 11.9. The number of carbonyl (C=O) groups excluding carboxylic acids is 2. The third-order valence-corrected chi connectivity index (χ3v) is 7.51. The van der Waals surface area contributed by atoms with Crippen LogP contribution in [0.2, 0.25) is 0 Å². The second kappa shape index (κ2) is 30.5. The van der Waals surface area contributed by atoms with Crippen LogP contribution in [0.1, 0.15) is 149 Å². The van der Waals surface area contributed by atoms with Crippen molar-refractivity contribution in [2.24, 2.45) is 5.92 Å². The maximum atomic E-state index is 11.9. The predicted molar refractivity (Wildman–Crippen MR) is 174 cm³/mol. The van der Waals surface area contributed by atoms with Crippen LogP contribution in [0.5, 0.6) is 0 Å². The van der Waals surface area contributed by atoms with Gasteiger partial charge in [-0.2, -0.15) is 0 Å². The predicted octanol–water partition coefficient (Wildman–Crippen LogP) is 8.94. The topological polar surface area (TPSA) is 93.1 Å². The number of aliphatic hydroxyl groups is 2. The molecule has 0 aliphatic heterocycles. The van der Waals surface area contributed by atoms with E-state index in [4.69, 9.17) is 9.47 Å². The highest BCUT2D eigenvalue weighted by Crippen LogP contribution is 2.15. The zero-order chi connectivity index (χ0) is 31.1. The number of hydrogen-bond donors (Lipinski definition) is 2. The summed E-state index contributed by atoms with van der Waals surface area (Å²) in [6.45, 7) is 6.39. The zero-order valence-corrected chi connectivity index (χ0v) is 27.3. The van der Waals surface area contributed by atoms with Gasteiger partial charge in [-0.3, -0.25) is 9.59 Å². The molecule has 0 fully saturated rings. The molecule has 0 rings (SSSR count). The smallest absolute Gasteiger partial charge is 0.305 e. The Morgan fingerprint density at radius 1 is 0.667 bits per heavy atom. The van der Waals surface area contributed by atoms with E-state index < -0.39 is 12.2 Å². The summed E-state index contributed by atoms with van der Waals surface area (Å²) in [6, 6.07) is 0. The fourth-order valence-corrected chi connectivity index (χ4v) is 4.51. The SMILES string of the molecule is CC/C=C/CC(O)/C=C/C=C/CCCCCCCC(=O)OC[C@@H](O)COC(=O)CCCCCCCCCCC(C)CC. The van der Waals surface area contributed by atoms with Crippen LogP contribution < -0.4 is 0 Å². The van der Waals surface area contributed by atoms with Crippen LogP contribution in [-0.4, -0.2) is 47.6 Å². The molecule has 2 N–H and O–H groups in total. The largest absolute Gasteiger partial charge is 0.463 e. The van der Waals surface area contributed by atoms with E-state index in [0.29, 0.717) is 19.3 Å². The van der Waals surface area contributed by atoms with Crippen LogP contribution in [-0.2, 0) is 19.1 Å². The van der Waals surface area contributed by atoms with E-state index in [0.717, 1.165) is 70.1 Å². The van der Waals surface area contributed by atoms with E-state index in [-0.39, 0.29) is 25.2 Å². The van der Waals surface area contributed by atoms with Gasteiger partial charge in [-0.05, 0) is 44.4 Å². The lowest BCUT2D eigenvalue weighted by Gasteiger charge is -2.12. The number of unbranched alkanes of at least 4 members (excludes halogenated alkanes) is 12. The van der Waals surface area contributed by atoms with Crippen LogP contribution in [0.25, 0.3) is 0 Å². The molecule has 0 aliphatic rings. The molecule has 0 aromatic heterocycles. The van der Waals surface area contributed by atoms with Crippen molar-refractivity contribution in [2.45, 2.75) is 161 Å². The second-order valence-corrected chi connectivity index (χ2v) is 11.7. The first-order valence-corrected chi connectivity index (χ1v) is 17.0. The minimum Gasteiger partial charge on any atom is -0.463 e. The van der Waals surface area contributed by atoms with Crippen LogP contribution in [0, 0.1) is 5.92 Å². The highest BCUT2D eigenvalue weighted by atomic mass is 16.6. The molecule has 2 unspecified atom stereocenters. The molecule has 6 heteroatoms. The Morgan fingerprint density at radius 2 is 1.19 bits per heavy atom. The first kappa shape index (κ1) is 40.1. The number of allylic oxidation sites excluding steroid dienone is 4. The minimum atomic E-state index is -0.984. The lowest BCUT2D eigenvalue weighted by Crippen LogP contribution is -2.25. The van der Waals surface area contributed by atoms with Gasteiger partial charge in [-0.15, -0.1) is 0 Å². The van der Waals surface area contributed by atoms with Crippen LogP contribution in [0.4, 0.5) is 0 Å². The summed E-state index contributed by atoms with van der Waals surface area (Å²) in [5.41, 5.74) is 0. The molecule has 0 amide bonds. The monoisotopic (exact) mass is 592 g/mol. The molecule has 0 spiro atoms. The number of carbonyl (C=O) groups is 2. The second-order valence-electron chi connectivity index (χ2n) is 11.7. The van der Waals surface area contributed by atoms with Crippen molar-refractivity contribution in [3.63, 3.8) is 0 Å². The Balaban J connectivity index is 3.55. The summed E-state index contributed by atoms with van der Waals surface area (Å²) in [7, 11) is 0. The van der Waals surface area contributed by atoms with Crippen molar-refractivity contribution >= 4 is 11.9 Å². The fourth-order valence-electron chi connectivity index (χ4n) is 4.51. The Hall–Kier alpha value is -1.92. The zero-order valence-electron chi connectivity index (χ0n) is 27.3. The van der Waals surface area contributed by atoms with Gasteiger partial charge in [0.15, 0.2) is 0 Å². The summed E-state index contributed by atoms with van der Waals surface area (Å²) < 4.78 is 10.3. The Labute approximate surface area is 258 Å². The number of aliphatic hydroxyl groups excluding tert-OH is 2. The van der Waals surface area contributed by atoms with Gasteiger partial charge in [0.25, 0.3) is 0 Å². The van der Waals surface area contributed by atoms with Crippen LogP contribution in [0.15, 0.2) is 36.5 Å². The Morgan fingerprint density at radius 3 is 1.74 bits per heavy atom. The average molecular weight is 593 g/mol.